The molecule has 1 aromatic heterocycles. The summed E-state index contributed by atoms with van der Waals surface area (Å²) in [6.07, 6.45) is 4.34. The van der Waals surface area contributed by atoms with Crippen molar-refractivity contribution in [3.8, 4) is 5.69 Å². The lowest BCUT2D eigenvalue weighted by Crippen LogP contribution is -2.19. The summed E-state index contributed by atoms with van der Waals surface area (Å²) >= 11 is 0. The van der Waals surface area contributed by atoms with Crippen molar-refractivity contribution in [2.75, 3.05) is 6.54 Å². The van der Waals surface area contributed by atoms with Crippen molar-refractivity contribution in [2.45, 2.75) is 39.2 Å². The number of aromatic nitrogens is 2. The topological polar surface area (TPSA) is 29.9 Å². The number of hydrogen-bond donors (Lipinski definition) is 1. The van der Waals surface area contributed by atoms with Crippen LogP contribution in [0.1, 0.15) is 43.9 Å². The van der Waals surface area contributed by atoms with Gasteiger partial charge in [0, 0.05) is 18.0 Å². The minimum Gasteiger partial charge on any atom is -0.312 e. The summed E-state index contributed by atoms with van der Waals surface area (Å²) in [5.74, 6) is 0.989. The maximum absolute atomic E-state index is 13.4. The zero-order chi connectivity index (χ0) is 14.8. The molecule has 1 saturated carbocycles. The first-order chi connectivity index (χ1) is 10.1. The van der Waals surface area contributed by atoms with E-state index in [0.717, 1.165) is 18.8 Å². The predicted molar refractivity (Wildman–Crippen MR) is 82.0 cm³/mol. The smallest absolute Gasteiger partial charge is 0.125 e. The van der Waals surface area contributed by atoms with Gasteiger partial charge in [-0.2, -0.15) is 5.10 Å². The molecule has 2 aromatic rings. The molecule has 0 bridgehead atoms. The van der Waals surface area contributed by atoms with E-state index in [4.69, 9.17) is 0 Å². The lowest BCUT2D eigenvalue weighted by molar-refractivity contribution is 0.550. The summed E-state index contributed by atoms with van der Waals surface area (Å²) < 4.78 is 15.4. The Balaban J connectivity index is 1.86. The predicted octanol–water partition coefficient (Wildman–Crippen LogP) is 3.63. The van der Waals surface area contributed by atoms with Crippen molar-refractivity contribution in [3.63, 3.8) is 0 Å². The fourth-order valence-corrected chi connectivity index (χ4v) is 2.63. The molecule has 1 N–H and O–H groups in total. The molecule has 0 saturated heterocycles. The Morgan fingerprint density at radius 3 is 2.86 bits per heavy atom. The Labute approximate surface area is 125 Å². The van der Waals surface area contributed by atoms with Crippen molar-refractivity contribution in [2.24, 2.45) is 5.92 Å². The Hall–Kier alpha value is -1.68. The summed E-state index contributed by atoms with van der Waals surface area (Å²) in [5, 5.41) is 7.97. The molecule has 21 heavy (non-hydrogen) atoms. The number of nitrogens with one attached hydrogen (secondary N) is 1. The number of nitrogens with zero attached hydrogens (tertiary/aromatic N) is 2. The molecule has 1 aliphatic rings. The molecule has 1 aromatic carbocycles. The largest absolute Gasteiger partial charge is 0.312 e. The Morgan fingerprint density at radius 2 is 2.19 bits per heavy atom. The first kappa shape index (κ1) is 14.3. The minimum absolute atomic E-state index is 0.218. The van der Waals surface area contributed by atoms with Gasteiger partial charge in [-0.1, -0.05) is 19.9 Å². The first-order valence-corrected chi connectivity index (χ1v) is 7.68. The average Bonchev–Trinajstić information content (AvgIpc) is 3.19. The quantitative estimate of drug-likeness (QED) is 0.879. The molecule has 0 unspecified atom stereocenters. The van der Waals surface area contributed by atoms with Gasteiger partial charge < -0.3 is 5.32 Å². The van der Waals surface area contributed by atoms with Crippen molar-refractivity contribution in [3.05, 3.63) is 47.5 Å². The van der Waals surface area contributed by atoms with Crippen LogP contribution in [0.3, 0.4) is 0 Å². The van der Waals surface area contributed by atoms with E-state index in [1.165, 1.54) is 30.2 Å². The van der Waals surface area contributed by atoms with Crippen LogP contribution in [0.2, 0.25) is 0 Å². The molecule has 3 rings (SSSR count). The van der Waals surface area contributed by atoms with E-state index in [0.29, 0.717) is 11.8 Å². The molecule has 0 atom stereocenters. The maximum Gasteiger partial charge on any atom is 0.125 e. The van der Waals surface area contributed by atoms with Gasteiger partial charge in [-0.15, -0.1) is 0 Å². The molecule has 1 heterocycles. The average molecular weight is 287 g/mol. The molecule has 0 amide bonds. The number of halogens is 1. The summed E-state index contributed by atoms with van der Waals surface area (Å²) in [6, 6.07) is 6.66. The van der Waals surface area contributed by atoms with Crippen molar-refractivity contribution in [1.82, 2.24) is 15.1 Å². The molecule has 1 fully saturated rings. The first-order valence-electron chi connectivity index (χ1n) is 7.68. The van der Waals surface area contributed by atoms with Gasteiger partial charge in [-0.05, 0) is 43.5 Å². The standard InChI is InChI=1S/C17H22FN3/c1-12(2)9-19-10-14-11-20-21(17(14)13-6-7-13)16-5-3-4-15(18)8-16/h3-5,8,11-13,19H,6-7,9-10H2,1-2H3. The number of hydrogen-bond acceptors (Lipinski definition) is 2. The highest BCUT2D eigenvalue weighted by molar-refractivity contribution is 5.38. The van der Waals surface area contributed by atoms with E-state index in [9.17, 15) is 4.39 Å². The van der Waals surface area contributed by atoms with Crippen molar-refractivity contribution < 1.29 is 4.39 Å². The molecule has 0 spiro atoms. The van der Waals surface area contributed by atoms with Gasteiger partial charge in [-0.3, -0.25) is 0 Å². The van der Waals surface area contributed by atoms with Crippen LogP contribution in [-0.4, -0.2) is 16.3 Å². The normalized spacial score (nSPS) is 14.9. The van der Waals surface area contributed by atoms with E-state index in [2.05, 4.69) is 24.3 Å². The van der Waals surface area contributed by atoms with Gasteiger partial charge in [0.1, 0.15) is 5.82 Å². The Morgan fingerprint density at radius 1 is 1.38 bits per heavy atom. The van der Waals surface area contributed by atoms with Crippen molar-refractivity contribution in [1.29, 1.82) is 0 Å². The molecule has 1 aliphatic carbocycles. The lowest BCUT2D eigenvalue weighted by Gasteiger charge is -2.11. The fourth-order valence-electron chi connectivity index (χ4n) is 2.63. The third kappa shape index (κ3) is 3.32. The van der Waals surface area contributed by atoms with Gasteiger partial charge in [0.2, 0.25) is 0 Å². The molecule has 0 radical (unpaired) electrons. The summed E-state index contributed by atoms with van der Waals surface area (Å²) in [6.45, 7) is 6.23. The van der Waals surface area contributed by atoms with Gasteiger partial charge in [0.25, 0.3) is 0 Å². The second kappa shape index (κ2) is 5.98. The molecule has 3 nitrogen and oxygen atoms in total. The number of rotatable bonds is 6. The van der Waals surface area contributed by atoms with Gasteiger partial charge in [0.15, 0.2) is 0 Å². The van der Waals surface area contributed by atoms with Crippen LogP contribution in [-0.2, 0) is 6.54 Å². The van der Waals surface area contributed by atoms with Crippen LogP contribution in [0.15, 0.2) is 30.5 Å². The molecular formula is C17H22FN3. The third-order valence-corrected chi connectivity index (χ3v) is 3.77. The summed E-state index contributed by atoms with van der Waals surface area (Å²) in [5.41, 5.74) is 3.30. The Kier molecular flexibility index (Phi) is 4.06. The van der Waals surface area contributed by atoms with Crippen molar-refractivity contribution >= 4 is 0 Å². The van der Waals surface area contributed by atoms with E-state index in [1.54, 1.807) is 12.1 Å². The minimum atomic E-state index is -0.218. The fraction of sp³-hybridized carbons (Fsp3) is 0.471. The van der Waals surface area contributed by atoms with Gasteiger partial charge in [-0.25, -0.2) is 9.07 Å². The van der Waals surface area contributed by atoms with Crippen LogP contribution in [0.25, 0.3) is 5.69 Å². The van der Waals surface area contributed by atoms with Crippen LogP contribution < -0.4 is 5.32 Å². The van der Waals surface area contributed by atoms with Gasteiger partial charge >= 0.3 is 0 Å². The highest BCUT2D eigenvalue weighted by Crippen LogP contribution is 2.42. The highest BCUT2D eigenvalue weighted by atomic mass is 19.1. The van der Waals surface area contributed by atoms with Crippen LogP contribution in [0.5, 0.6) is 0 Å². The summed E-state index contributed by atoms with van der Waals surface area (Å²) in [7, 11) is 0. The van der Waals surface area contributed by atoms with E-state index in [-0.39, 0.29) is 5.82 Å². The molecule has 0 aliphatic heterocycles. The van der Waals surface area contributed by atoms with E-state index >= 15 is 0 Å². The Bertz CT molecular complexity index is 614. The van der Waals surface area contributed by atoms with Crippen LogP contribution >= 0.6 is 0 Å². The van der Waals surface area contributed by atoms with E-state index < -0.39 is 0 Å². The highest BCUT2D eigenvalue weighted by Gasteiger charge is 2.30. The molecule has 112 valence electrons. The molecule has 4 heteroatoms. The number of benzene rings is 1. The SMILES string of the molecule is CC(C)CNCc1cnn(-c2cccc(F)c2)c1C1CC1. The second-order valence-electron chi connectivity index (χ2n) is 6.25. The monoisotopic (exact) mass is 287 g/mol. The summed E-state index contributed by atoms with van der Waals surface area (Å²) in [4.78, 5) is 0. The van der Waals surface area contributed by atoms with Crippen LogP contribution in [0, 0.1) is 11.7 Å². The third-order valence-electron chi connectivity index (χ3n) is 3.77. The zero-order valence-corrected chi connectivity index (χ0v) is 12.6. The molecular weight excluding hydrogens is 265 g/mol. The van der Waals surface area contributed by atoms with Gasteiger partial charge in [0.05, 0.1) is 17.6 Å². The van der Waals surface area contributed by atoms with E-state index in [1.807, 2.05) is 16.9 Å². The lowest BCUT2D eigenvalue weighted by atomic mass is 10.1. The second-order valence-corrected chi connectivity index (χ2v) is 6.25. The maximum atomic E-state index is 13.4. The zero-order valence-electron chi connectivity index (χ0n) is 12.6. The van der Waals surface area contributed by atoms with Crippen LogP contribution in [0.4, 0.5) is 4.39 Å².